The van der Waals surface area contributed by atoms with E-state index in [1.165, 1.54) is 43.0 Å². The Hall–Kier alpha value is 0.220. The summed E-state index contributed by atoms with van der Waals surface area (Å²) in [5, 5.41) is 0. The zero-order valence-corrected chi connectivity index (χ0v) is 9.28. The van der Waals surface area contributed by atoms with Crippen LogP contribution in [0.1, 0.15) is 52.4 Å². The molecule has 0 aromatic rings. The Morgan fingerprint density at radius 1 is 1.18 bits per heavy atom. The van der Waals surface area contributed by atoms with Gasteiger partial charge in [0.05, 0.1) is 0 Å². The van der Waals surface area contributed by atoms with Crippen molar-refractivity contribution in [3.8, 4) is 0 Å². The van der Waals surface area contributed by atoms with Crippen molar-refractivity contribution in [1.29, 1.82) is 0 Å². The topological polar surface area (TPSA) is 0 Å². The maximum absolute atomic E-state index is 3.57. The second kappa shape index (κ2) is 8.32. The van der Waals surface area contributed by atoms with Crippen molar-refractivity contribution in [2.45, 2.75) is 52.4 Å². The number of rotatable bonds is 6. The number of allylic oxidation sites excluding steroid dienone is 2. The normalized spacial score (nSPS) is 12.1. The predicted octanol–water partition coefficient (Wildman–Crippen LogP) is 4.65. The molecule has 0 bridgehead atoms. The van der Waals surface area contributed by atoms with Crippen LogP contribution in [-0.4, -0.2) is 0 Å². The van der Waals surface area contributed by atoms with E-state index < -0.39 is 0 Å². The molecule has 0 radical (unpaired) electrons. The van der Waals surface area contributed by atoms with Crippen LogP contribution in [-0.2, 0) is 0 Å². The quantitative estimate of drug-likeness (QED) is 0.570. The molecule has 66 valence electrons. The summed E-state index contributed by atoms with van der Waals surface area (Å²) < 4.78 is 1.40. The monoisotopic (exact) mass is 218 g/mol. The largest absolute Gasteiger partial charge is 0.0744 e. The van der Waals surface area contributed by atoms with Crippen molar-refractivity contribution in [3.05, 3.63) is 10.6 Å². The van der Waals surface area contributed by atoms with Crippen molar-refractivity contribution in [1.82, 2.24) is 0 Å². The van der Waals surface area contributed by atoms with Crippen LogP contribution in [0.25, 0.3) is 0 Å². The Bertz CT molecular complexity index is 105. The molecule has 0 fully saturated rings. The Labute approximate surface area is 79.2 Å². The van der Waals surface area contributed by atoms with E-state index in [0.717, 1.165) is 0 Å². The van der Waals surface area contributed by atoms with Crippen LogP contribution >= 0.6 is 15.9 Å². The van der Waals surface area contributed by atoms with Gasteiger partial charge in [-0.25, -0.2) is 0 Å². The molecule has 0 rings (SSSR count). The number of hydrogen-bond donors (Lipinski definition) is 0. The van der Waals surface area contributed by atoms with E-state index in [0.29, 0.717) is 0 Å². The smallest absolute Gasteiger partial charge is 0.00892 e. The molecule has 0 saturated heterocycles. The summed E-state index contributed by atoms with van der Waals surface area (Å²) in [5.41, 5.74) is 0. The van der Waals surface area contributed by atoms with Crippen LogP contribution in [0.4, 0.5) is 0 Å². The SMILES string of the molecule is CCCC/C=C(\Br)CCCC. The van der Waals surface area contributed by atoms with Crippen molar-refractivity contribution < 1.29 is 0 Å². The van der Waals surface area contributed by atoms with Crippen LogP contribution in [0.2, 0.25) is 0 Å². The van der Waals surface area contributed by atoms with Crippen LogP contribution in [0.15, 0.2) is 10.6 Å². The molecule has 0 aromatic carbocycles. The fourth-order valence-electron chi connectivity index (χ4n) is 0.911. The van der Waals surface area contributed by atoms with Crippen molar-refractivity contribution in [2.75, 3.05) is 0 Å². The minimum absolute atomic E-state index is 1.22. The number of unbranched alkanes of at least 4 members (excludes halogenated alkanes) is 3. The van der Waals surface area contributed by atoms with E-state index in [-0.39, 0.29) is 0 Å². The highest BCUT2D eigenvalue weighted by Gasteiger charge is 1.89. The van der Waals surface area contributed by atoms with E-state index in [1.54, 1.807) is 0 Å². The molecule has 0 unspecified atom stereocenters. The van der Waals surface area contributed by atoms with E-state index in [2.05, 4.69) is 35.9 Å². The van der Waals surface area contributed by atoms with Gasteiger partial charge in [0.1, 0.15) is 0 Å². The summed E-state index contributed by atoms with van der Waals surface area (Å²) in [6.45, 7) is 4.46. The highest BCUT2D eigenvalue weighted by Crippen LogP contribution is 2.15. The van der Waals surface area contributed by atoms with Crippen LogP contribution in [0.3, 0.4) is 0 Å². The average molecular weight is 219 g/mol. The zero-order valence-electron chi connectivity index (χ0n) is 7.70. The summed E-state index contributed by atoms with van der Waals surface area (Å²) in [5.74, 6) is 0. The van der Waals surface area contributed by atoms with Gasteiger partial charge in [-0.3, -0.25) is 0 Å². The molecular weight excluding hydrogens is 200 g/mol. The third-order valence-corrected chi connectivity index (χ3v) is 2.41. The first kappa shape index (κ1) is 11.2. The Morgan fingerprint density at radius 2 is 1.82 bits per heavy atom. The molecular formula is C10H19Br. The molecule has 0 aliphatic carbocycles. The van der Waals surface area contributed by atoms with Gasteiger partial charge in [0.15, 0.2) is 0 Å². The zero-order chi connectivity index (χ0) is 8.53. The lowest BCUT2D eigenvalue weighted by atomic mass is 10.2. The average Bonchev–Trinajstić information content (AvgIpc) is 2.01. The second-order valence-corrected chi connectivity index (χ2v) is 3.92. The van der Waals surface area contributed by atoms with E-state index >= 15 is 0 Å². The van der Waals surface area contributed by atoms with Gasteiger partial charge in [0.25, 0.3) is 0 Å². The minimum Gasteiger partial charge on any atom is -0.0744 e. The van der Waals surface area contributed by atoms with Gasteiger partial charge in [0.2, 0.25) is 0 Å². The first-order valence-corrected chi connectivity index (χ1v) is 5.45. The molecule has 0 saturated carbocycles. The molecule has 0 aliphatic rings. The highest BCUT2D eigenvalue weighted by atomic mass is 79.9. The van der Waals surface area contributed by atoms with E-state index in [9.17, 15) is 0 Å². The molecule has 0 aliphatic heterocycles. The van der Waals surface area contributed by atoms with Crippen LogP contribution < -0.4 is 0 Å². The standard InChI is InChI=1S/C10H19Br/c1-3-5-7-9-10(11)8-6-4-2/h9H,3-8H2,1-2H3/b10-9-. The molecule has 0 spiro atoms. The molecule has 0 amide bonds. The Balaban J connectivity index is 3.30. The van der Waals surface area contributed by atoms with E-state index in [1.807, 2.05) is 0 Å². The van der Waals surface area contributed by atoms with Gasteiger partial charge < -0.3 is 0 Å². The van der Waals surface area contributed by atoms with Crippen LogP contribution in [0.5, 0.6) is 0 Å². The predicted molar refractivity (Wildman–Crippen MR) is 56.1 cm³/mol. The Kier molecular flexibility index (Phi) is 8.48. The maximum atomic E-state index is 3.57. The number of halogens is 1. The lowest BCUT2D eigenvalue weighted by molar-refractivity contribution is 0.789. The lowest BCUT2D eigenvalue weighted by Gasteiger charge is -1.96. The van der Waals surface area contributed by atoms with Gasteiger partial charge in [-0.2, -0.15) is 0 Å². The first-order chi connectivity index (χ1) is 5.31. The summed E-state index contributed by atoms with van der Waals surface area (Å²) >= 11 is 3.57. The molecule has 1 heteroatoms. The highest BCUT2D eigenvalue weighted by molar-refractivity contribution is 9.11. The second-order valence-electron chi connectivity index (χ2n) is 2.90. The summed E-state index contributed by atoms with van der Waals surface area (Å²) in [7, 11) is 0. The first-order valence-electron chi connectivity index (χ1n) is 4.65. The lowest BCUT2D eigenvalue weighted by Crippen LogP contribution is -1.75. The Morgan fingerprint density at radius 3 is 2.36 bits per heavy atom. The van der Waals surface area contributed by atoms with Crippen LogP contribution in [0, 0.1) is 0 Å². The summed E-state index contributed by atoms with van der Waals surface area (Å²) in [6, 6.07) is 0. The molecule has 0 nitrogen and oxygen atoms in total. The third-order valence-electron chi connectivity index (χ3n) is 1.69. The van der Waals surface area contributed by atoms with Gasteiger partial charge in [0, 0.05) is 0 Å². The molecule has 0 atom stereocenters. The molecule has 0 aromatic heterocycles. The van der Waals surface area contributed by atoms with Gasteiger partial charge in [-0.15, -0.1) is 0 Å². The van der Waals surface area contributed by atoms with Crippen molar-refractivity contribution in [3.63, 3.8) is 0 Å². The fourth-order valence-corrected chi connectivity index (χ4v) is 1.42. The third kappa shape index (κ3) is 8.12. The molecule has 11 heavy (non-hydrogen) atoms. The number of hydrogen-bond acceptors (Lipinski definition) is 0. The minimum atomic E-state index is 1.22. The summed E-state index contributed by atoms with van der Waals surface area (Å²) in [4.78, 5) is 0. The van der Waals surface area contributed by atoms with Gasteiger partial charge in [-0.05, 0) is 23.7 Å². The summed E-state index contributed by atoms with van der Waals surface area (Å²) in [6.07, 6.45) is 9.99. The molecule has 0 heterocycles. The van der Waals surface area contributed by atoms with Gasteiger partial charge >= 0.3 is 0 Å². The fraction of sp³-hybridized carbons (Fsp3) is 0.800. The van der Waals surface area contributed by atoms with Gasteiger partial charge in [-0.1, -0.05) is 55.1 Å². The maximum Gasteiger partial charge on any atom is -0.00892 e. The van der Waals surface area contributed by atoms with Crippen molar-refractivity contribution in [2.24, 2.45) is 0 Å². The van der Waals surface area contributed by atoms with E-state index in [4.69, 9.17) is 0 Å². The molecule has 0 N–H and O–H groups in total. The van der Waals surface area contributed by atoms with Crippen molar-refractivity contribution >= 4 is 15.9 Å².